The van der Waals surface area contributed by atoms with E-state index in [9.17, 15) is 9.59 Å². The van der Waals surface area contributed by atoms with Gasteiger partial charge in [-0.15, -0.1) is 0 Å². The predicted octanol–water partition coefficient (Wildman–Crippen LogP) is 3.63. The summed E-state index contributed by atoms with van der Waals surface area (Å²) in [4.78, 5) is 28.1. The monoisotopic (exact) mass is 374 g/mol. The van der Waals surface area contributed by atoms with Crippen molar-refractivity contribution in [1.29, 1.82) is 0 Å². The van der Waals surface area contributed by atoms with Crippen LogP contribution in [0.15, 0.2) is 42.7 Å². The molecule has 26 heavy (non-hydrogen) atoms. The normalized spacial score (nSPS) is 10.2. The molecule has 0 atom stereocenters. The minimum absolute atomic E-state index is 0.252. The van der Waals surface area contributed by atoms with E-state index in [0.717, 1.165) is 24.8 Å². The first-order valence-corrected chi connectivity index (χ1v) is 8.99. The number of hydrogen-bond donors (Lipinski definition) is 3. The van der Waals surface area contributed by atoms with Crippen LogP contribution in [0, 0.1) is 0 Å². The van der Waals surface area contributed by atoms with Crippen molar-refractivity contribution in [2.45, 2.75) is 26.2 Å². The minimum Gasteiger partial charge on any atom is -0.352 e. The highest BCUT2D eigenvalue weighted by Crippen LogP contribution is 2.20. The van der Waals surface area contributed by atoms with Crippen LogP contribution >= 0.6 is 11.6 Å². The Labute approximate surface area is 158 Å². The van der Waals surface area contributed by atoms with Gasteiger partial charge < -0.3 is 16.0 Å². The van der Waals surface area contributed by atoms with Gasteiger partial charge >= 0.3 is 6.03 Å². The van der Waals surface area contributed by atoms with E-state index in [2.05, 4.69) is 20.9 Å². The summed E-state index contributed by atoms with van der Waals surface area (Å²) in [6.07, 6.45) is 6.04. The van der Waals surface area contributed by atoms with Gasteiger partial charge in [-0.2, -0.15) is 0 Å². The van der Waals surface area contributed by atoms with E-state index in [1.807, 2.05) is 25.3 Å². The first-order chi connectivity index (χ1) is 12.6. The summed E-state index contributed by atoms with van der Waals surface area (Å²) in [5.41, 5.74) is 1.99. The molecule has 0 spiro atoms. The number of urea groups is 1. The first-order valence-electron chi connectivity index (χ1n) is 8.61. The quantitative estimate of drug-likeness (QED) is 0.617. The van der Waals surface area contributed by atoms with Gasteiger partial charge in [0.15, 0.2) is 0 Å². The first kappa shape index (κ1) is 19.7. The topological polar surface area (TPSA) is 83.1 Å². The van der Waals surface area contributed by atoms with Gasteiger partial charge in [0.05, 0.1) is 10.6 Å². The summed E-state index contributed by atoms with van der Waals surface area (Å²) in [7, 11) is 0. The Bertz CT molecular complexity index is 738. The number of carbonyl (C=O) groups is 2. The molecule has 0 bridgehead atoms. The van der Waals surface area contributed by atoms with Crippen molar-refractivity contribution >= 4 is 29.2 Å². The number of halogens is 1. The van der Waals surface area contributed by atoms with Crippen molar-refractivity contribution in [2.75, 3.05) is 18.4 Å². The van der Waals surface area contributed by atoms with Gasteiger partial charge in [-0.3, -0.25) is 9.78 Å². The molecule has 1 aromatic heterocycles. The van der Waals surface area contributed by atoms with Gasteiger partial charge in [0.1, 0.15) is 0 Å². The predicted molar refractivity (Wildman–Crippen MR) is 104 cm³/mol. The average Bonchev–Trinajstić information content (AvgIpc) is 2.65. The summed E-state index contributed by atoms with van der Waals surface area (Å²) in [6.45, 7) is 3.08. The smallest absolute Gasteiger partial charge is 0.319 e. The summed E-state index contributed by atoms with van der Waals surface area (Å²) < 4.78 is 0. The van der Waals surface area contributed by atoms with Crippen molar-refractivity contribution in [3.05, 3.63) is 58.9 Å². The van der Waals surface area contributed by atoms with Crippen LogP contribution in [0.4, 0.5) is 10.5 Å². The van der Waals surface area contributed by atoms with Gasteiger partial charge in [-0.25, -0.2) is 4.79 Å². The number of rotatable bonds is 8. The molecule has 3 N–H and O–H groups in total. The molecule has 0 aliphatic rings. The van der Waals surface area contributed by atoms with E-state index in [0.29, 0.717) is 29.4 Å². The molecule has 0 aliphatic carbocycles. The van der Waals surface area contributed by atoms with Gasteiger partial charge in [0, 0.05) is 31.2 Å². The minimum atomic E-state index is -0.321. The van der Waals surface area contributed by atoms with Crippen LogP contribution in [0.2, 0.25) is 5.02 Å². The lowest BCUT2D eigenvalue weighted by atomic mass is 10.1. The molecule has 138 valence electrons. The molecular formula is C19H23ClN4O2. The number of carbonyl (C=O) groups excluding carboxylic acids is 2. The van der Waals surface area contributed by atoms with Crippen LogP contribution in [-0.4, -0.2) is 30.0 Å². The molecule has 7 heteroatoms. The Morgan fingerprint density at radius 2 is 2.00 bits per heavy atom. The van der Waals surface area contributed by atoms with Gasteiger partial charge in [0.2, 0.25) is 0 Å². The highest BCUT2D eigenvalue weighted by molar-refractivity contribution is 6.34. The second-order valence-corrected chi connectivity index (χ2v) is 6.20. The van der Waals surface area contributed by atoms with E-state index < -0.39 is 0 Å². The van der Waals surface area contributed by atoms with Gasteiger partial charge in [0.25, 0.3) is 5.91 Å². The SMILES string of the molecule is CCCNC(=O)c1cc(NC(=O)NCCCc2cccnc2)ccc1Cl. The number of nitrogens with zero attached hydrogens (tertiary/aromatic N) is 1. The Balaban J connectivity index is 1.81. The molecular weight excluding hydrogens is 352 g/mol. The van der Waals surface area contributed by atoms with E-state index in [4.69, 9.17) is 11.6 Å². The number of benzene rings is 1. The van der Waals surface area contributed by atoms with Crippen molar-refractivity contribution in [3.63, 3.8) is 0 Å². The van der Waals surface area contributed by atoms with E-state index in [1.165, 1.54) is 0 Å². The third kappa shape index (κ3) is 6.37. The second-order valence-electron chi connectivity index (χ2n) is 5.80. The zero-order valence-corrected chi connectivity index (χ0v) is 15.5. The highest BCUT2D eigenvalue weighted by Gasteiger charge is 2.11. The van der Waals surface area contributed by atoms with E-state index in [-0.39, 0.29) is 11.9 Å². The number of aromatic nitrogens is 1. The highest BCUT2D eigenvalue weighted by atomic mass is 35.5. The van der Waals surface area contributed by atoms with Crippen molar-refractivity contribution < 1.29 is 9.59 Å². The van der Waals surface area contributed by atoms with Crippen molar-refractivity contribution in [2.24, 2.45) is 0 Å². The van der Waals surface area contributed by atoms with Gasteiger partial charge in [-0.05, 0) is 49.1 Å². The molecule has 0 aliphatic heterocycles. The number of pyridine rings is 1. The molecule has 2 aromatic rings. The third-order valence-electron chi connectivity index (χ3n) is 3.65. The van der Waals surface area contributed by atoms with Gasteiger partial charge in [-0.1, -0.05) is 24.6 Å². The van der Waals surface area contributed by atoms with Crippen LogP contribution in [0.3, 0.4) is 0 Å². The molecule has 0 radical (unpaired) electrons. The molecule has 1 heterocycles. The molecule has 6 nitrogen and oxygen atoms in total. The fourth-order valence-corrected chi connectivity index (χ4v) is 2.53. The Hall–Kier alpha value is -2.60. The summed E-state index contributed by atoms with van der Waals surface area (Å²) in [5.74, 6) is -0.252. The van der Waals surface area contributed by atoms with Crippen LogP contribution in [0.1, 0.15) is 35.7 Å². The van der Waals surface area contributed by atoms with E-state index >= 15 is 0 Å². The largest absolute Gasteiger partial charge is 0.352 e. The number of aryl methyl sites for hydroxylation is 1. The fraction of sp³-hybridized carbons (Fsp3) is 0.316. The molecule has 0 fully saturated rings. The third-order valence-corrected chi connectivity index (χ3v) is 3.98. The average molecular weight is 375 g/mol. The molecule has 0 unspecified atom stereocenters. The fourth-order valence-electron chi connectivity index (χ4n) is 2.33. The Morgan fingerprint density at radius 1 is 1.15 bits per heavy atom. The molecule has 2 rings (SSSR count). The number of hydrogen-bond acceptors (Lipinski definition) is 3. The van der Waals surface area contributed by atoms with Crippen LogP contribution in [-0.2, 0) is 6.42 Å². The Morgan fingerprint density at radius 3 is 2.73 bits per heavy atom. The summed E-state index contributed by atoms with van der Waals surface area (Å²) >= 11 is 6.07. The lowest BCUT2D eigenvalue weighted by molar-refractivity contribution is 0.0954. The molecule has 3 amide bonds. The lowest BCUT2D eigenvalue weighted by Gasteiger charge is -2.10. The van der Waals surface area contributed by atoms with Crippen molar-refractivity contribution in [1.82, 2.24) is 15.6 Å². The second kappa shape index (κ2) is 10.4. The van der Waals surface area contributed by atoms with Crippen LogP contribution < -0.4 is 16.0 Å². The molecule has 0 saturated heterocycles. The molecule has 1 aromatic carbocycles. The summed E-state index contributed by atoms with van der Waals surface area (Å²) in [5, 5.41) is 8.63. The summed E-state index contributed by atoms with van der Waals surface area (Å²) in [6, 6.07) is 8.41. The maximum absolute atomic E-state index is 12.1. The lowest BCUT2D eigenvalue weighted by Crippen LogP contribution is -2.30. The standard InChI is InChI=1S/C19H23ClN4O2/c1-2-9-22-18(25)16-12-15(7-8-17(16)20)24-19(26)23-11-4-6-14-5-3-10-21-13-14/h3,5,7-8,10,12-13H,2,4,6,9,11H2,1H3,(H,22,25)(H2,23,24,26). The number of anilines is 1. The van der Waals surface area contributed by atoms with Crippen LogP contribution in [0.5, 0.6) is 0 Å². The van der Waals surface area contributed by atoms with E-state index in [1.54, 1.807) is 24.4 Å². The maximum Gasteiger partial charge on any atom is 0.319 e. The zero-order chi connectivity index (χ0) is 18.8. The van der Waals surface area contributed by atoms with Crippen molar-refractivity contribution in [3.8, 4) is 0 Å². The number of amides is 3. The molecule has 0 saturated carbocycles. The zero-order valence-electron chi connectivity index (χ0n) is 14.7. The van der Waals surface area contributed by atoms with Crippen LogP contribution in [0.25, 0.3) is 0 Å². The Kier molecular flexibility index (Phi) is 7.89. The number of nitrogens with one attached hydrogen (secondary N) is 3. The maximum atomic E-state index is 12.1.